The van der Waals surface area contributed by atoms with Crippen LogP contribution in [0.25, 0.3) is 67.3 Å². The van der Waals surface area contributed by atoms with Crippen LogP contribution in [0.1, 0.15) is 39.3 Å². The predicted octanol–water partition coefficient (Wildman–Crippen LogP) is 13.4. The van der Waals surface area contributed by atoms with Crippen LogP contribution in [0.3, 0.4) is 0 Å². The average Bonchev–Trinajstić information content (AvgIpc) is 3.57. The van der Waals surface area contributed by atoms with Crippen LogP contribution >= 0.6 is 11.8 Å². The van der Waals surface area contributed by atoms with Crippen LogP contribution in [0.4, 0.5) is 0 Å². The monoisotopic (exact) mass is 774 g/mol. The van der Waals surface area contributed by atoms with Crippen LogP contribution < -0.4 is 0 Å². The minimum atomic E-state index is -0.579. The predicted molar refractivity (Wildman–Crippen MR) is 240 cm³/mol. The highest BCUT2D eigenvalue weighted by Crippen LogP contribution is 2.63. The molecule has 2 aromatic heterocycles. The number of benzene rings is 7. The fourth-order valence-electron chi connectivity index (χ4n) is 9.35. The third-order valence-electron chi connectivity index (χ3n) is 11.9. The largest absolute Gasteiger partial charge is 0.261 e. The highest BCUT2D eigenvalue weighted by molar-refractivity contribution is 7.99. The first-order valence-corrected chi connectivity index (χ1v) is 20.9. The Balaban J connectivity index is 1.14. The van der Waals surface area contributed by atoms with E-state index >= 15 is 0 Å². The van der Waals surface area contributed by atoms with Crippen LogP contribution in [0.15, 0.2) is 186 Å². The van der Waals surface area contributed by atoms with Crippen molar-refractivity contribution in [2.24, 2.45) is 0 Å². The van der Waals surface area contributed by atoms with Gasteiger partial charge in [0.15, 0.2) is 11.6 Å². The van der Waals surface area contributed by atoms with Crippen molar-refractivity contribution in [3.05, 3.63) is 215 Å². The van der Waals surface area contributed by atoms with Gasteiger partial charge in [0.05, 0.1) is 5.41 Å². The highest BCUT2D eigenvalue weighted by Gasteiger charge is 2.50. The average molecular weight is 775 g/mol. The fraction of sp³-hybridized carbons (Fsp3) is 0.0741. The molecule has 1 aliphatic carbocycles. The van der Waals surface area contributed by atoms with Gasteiger partial charge in [0.25, 0.3) is 0 Å². The van der Waals surface area contributed by atoms with Gasteiger partial charge >= 0.3 is 0 Å². The maximum atomic E-state index is 5.07. The molecule has 0 fully saturated rings. The topological polar surface area (TPSA) is 51.6 Å². The van der Waals surface area contributed by atoms with E-state index in [0.29, 0.717) is 17.5 Å². The molecule has 1 unspecified atom stereocenters. The Morgan fingerprint density at radius 3 is 1.85 bits per heavy atom. The van der Waals surface area contributed by atoms with Crippen LogP contribution in [0, 0.1) is 20.8 Å². The molecule has 9 aromatic rings. The smallest absolute Gasteiger partial charge is 0.163 e. The molecule has 1 atom stereocenters. The van der Waals surface area contributed by atoms with E-state index in [2.05, 4.69) is 170 Å². The lowest BCUT2D eigenvalue weighted by atomic mass is 9.66. The van der Waals surface area contributed by atoms with Crippen molar-refractivity contribution in [1.82, 2.24) is 19.9 Å². The van der Waals surface area contributed by atoms with Crippen molar-refractivity contribution in [2.75, 3.05) is 0 Å². The molecule has 4 nitrogen and oxygen atoms in total. The second-order valence-corrected chi connectivity index (χ2v) is 16.6. The number of rotatable bonds is 5. The molecule has 59 heavy (non-hydrogen) atoms. The molecule has 0 amide bonds. The van der Waals surface area contributed by atoms with Gasteiger partial charge in [0.1, 0.15) is 5.82 Å². The summed E-state index contributed by atoms with van der Waals surface area (Å²) in [6.45, 7) is 6.14. The summed E-state index contributed by atoms with van der Waals surface area (Å²) in [7, 11) is 0. The van der Waals surface area contributed by atoms with Crippen molar-refractivity contribution in [3.8, 4) is 67.3 Å². The first kappa shape index (κ1) is 35.2. The van der Waals surface area contributed by atoms with Crippen LogP contribution in [0.2, 0.25) is 0 Å². The van der Waals surface area contributed by atoms with Crippen LogP contribution in [-0.2, 0) is 5.41 Å². The fourth-order valence-corrected chi connectivity index (χ4v) is 10.7. The molecule has 2 aliphatic rings. The zero-order valence-corrected chi connectivity index (χ0v) is 33.8. The molecule has 280 valence electrons. The number of hydrogen-bond acceptors (Lipinski definition) is 5. The minimum absolute atomic E-state index is 0.579. The molecule has 11 rings (SSSR count). The second kappa shape index (κ2) is 13.9. The number of hydrogen-bond donors (Lipinski definition) is 0. The molecule has 0 radical (unpaired) electrons. The number of pyridine rings is 1. The number of aryl methyl sites for hydroxylation is 3. The lowest BCUT2D eigenvalue weighted by Gasteiger charge is -2.40. The summed E-state index contributed by atoms with van der Waals surface area (Å²) in [5, 5.41) is 0. The van der Waals surface area contributed by atoms with Gasteiger partial charge in [-0.1, -0.05) is 157 Å². The van der Waals surface area contributed by atoms with Crippen molar-refractivity contribution < 1.29 is 0 Å². The molecule has 0 bridgehead atoms. The molecular weight excluding hydrogens is 737 g/mol. The van der Waals surface area contributed by atoms with Crippen molar-refractivity contribution in [3.63, 3.8) is 0 Å². The summed E-state index contributed by atoms with van der Waals surface area (Å²) in [5.41, 5.74) is 18.3. The maximum Gasteiger partial charge on any atom is 0.163 e. The third kappa shape index (κ3) is 5.60. The number of fused-ring (bicyclic) bond motifs is 9. The molecule has 3 heterocycles. The first-order chi connectivity index (χ1) is 29.0. The third-order valence-corrected chi connectivity index (χ3v) is 13.1. The molecule has 7 aromatic carbocycles. The molecule has 0 saturated heterocycles. The van der Waals surface area contributed by atoms with E-state index in [-0.39, 0.29) is 0 Å². The van der Waals surface area contributed by atoms with Crippen LogP contribution in [-0.4, -0.2) is 19.9 Å². The van der Waals surface area contributed by atoms with Crippen LogP contribution in [0.5, 0.6) is 0 Å². The van der Waals surface area contributed by atoms with Crippen molar-refractivity contribution in [2.45, 2.75) is 36.0 Å². The normalized spacial score (nSPS) is 14.7. The van der Waals surface area contributed by atoms with Gasteiger partial charge in [-0.25, -0.2) is 15.0 Å². The molecule has 0 saturated carbocycles. The summed E-state index contributed by atoms with van der Waals surface area (Å²) in [6.07, 6.45) is 1.94. The van der Waals surface area contributed by atoms with E-state index in [9.17, 15) is 0 Å². The Kier molecular flexibility index (Phi) is 8.28. The van der Waals surface area contributed by atoms with Gasteiger partial charge < -0.3 is 0 Å². The minimum Gasteiger partial charge on any atom is -0.261 e. The zero-order valence-electron chi connectivity index (χ0n) is 32.9. The molecule has 1 aliphatic heterocycles. The molecule has 1 spiro atoms. The number of nitrogens with zero attached hydrogens (tertiary/aromatic N) is 4. The Morgan fingerprint density at radius 2 is 1.02 bits per heavy atom. The Morgan fingerprint density at radius 1 is 0.407 bits per heavy atom. The molecular formula is C54H38N4S. The molecule has 0 N–H and O–H groups in total. The lowest BCUT2D eigenvalue weighted by Crippen LogP contribution is -2.32. The maximum absolute atomic E-state index is 5.07. The summed E-state index contributed by atoms with van der Waals surface area (Å²) in [6, 6.07) is 61.9. The van der Waals surface area contributed by atoms with Crippen molar-refractivity contribution >= 4 is 11.8 Å². The van der Waals surface area contributed by atoms with Gasteiger partial charge in [-0.3, -0.25) is 4.98 Å². The van der Waals surface area contributed by atoms with E-state index in [1.165, 1.54) is 71.0 Å². The van der Waals surface area contributed by atoms with E-state index in [4.69, 9.17) is 15.0 Å². The van der Waals surface area contributed by atoms with Gasteiger partial charge in [-0.05, 0) is 112 Å². The highest BCUT2D eigenvalue weighted by atomic mass is 32.2. The van der Waals surface area contributed by atoms with E-state index in [0.717, 1.165) is 27.9 Å². The summed E-state index contributed by atoms with van der Waals surface area (Å²) in [5.74, 6) is 2.04. The summed E-state index contributed by atoms with van der Waals surface area (Å²) >= 11 is 1.88. The van der Waals surface area contributed by atoms with Gasteiger partial charge in [-0.2, -0.15) is 0 Å². The molecule has 5 heteroatoms. The Bertz CT molecular complexity index is 3140. The second-order valence-electron chi connectivity index (χ2n) is 15.5. The van der Waals surface area contributed by atoms with Gasteiger partial charge in [0, 0.05) is 38.4 Å². The Hall–Kier alpha value is -6.95. The lowest BCUT2D eigenvalue weighted by molar-refractivity contribution is 0.723. The first-order valence-electron chi connectivity index (χ1n) is 20.0. The Labute approximate surface area is 348 Å². The van der Waals surface area contributed by atoms with Crippen molar-refractivity contribution in [1.29, 1.82) is 0 Å². The number of aromatic nitrogens is 4. The zero-order chi connectivity index (χ0) is 39.7. The quantitative estimate of drug-likeness (QED) is 0.174. The summed E-state index contributed by atoms with van der Waals surface area (Å²) < 4.78 is 0. The van der Waals surface area contributed by atoms with E-state index in [1.807, 2.05) is 43.1 Å². The van der Waals surface area contributed by atoms with Gasteiger partial charge in [0.2, 0.25) is 0 Å². The summed E-state index contributed by atoms with van der Waals surface area (Å²) in [4.78, 5) is 21.9. The van der Waals surface area contributed by atoms with E-state index in [1.54, 1.807) is 0 Å². The standard InChI is InChI=1S/C54H38N4S/c1-33-29-45(34(2)55-32-33)38-18-13-17-37(30-38)40-19-7-8-20-41(40)44-22-14-25-48-51(44)59-50-26-12-11-24-47(50)54(48)46-23-10-9-21-42(46)43-28-27-39(31-49(43)54)53-57-35(3)56-52(58-53)36-15-5-4-6-16-36/h4-32H,1-3H3. The van der Waals surface area contributed by atoms with Gasteiger partial charge in [-0.15, -0.1) is 0 Å². The SMILES string of the molecule is Cc1cnc(C)c(-c2cccc(-c3ccccc3-c3cccc4c3Sc3ccccc3C43c4ccccc4-c4ccc(-c5nc(C)nc(-c6ccccc6)n5)cc43)c2)c1. The van der Waals surface area contributed by atoms with E-state index < -0.39 is 5.41 Å².